The molecular formula is C21H23N3O3S. The van der Waals surface area contributed by atoms with Crippen LogP contribution >= 0.6 is 11.3 Å². The standard InChI is InChI=1S/C21H23N3O3S/c1-12(2)27-21(26)18-13(3)19(23-14(18)4)20(25)22-10-17-24-16(11-28-17)15-8-6-5-7-9-15/h5-9,11-12,23H,10H2,1-4H3,(H,22,25). The third-order valence-corrected chi connectivity index (χ3v) is 5.08. The van der Waals surface area contributed by atoms with E-state index in [2.05, 4.69) is 15.3 Å². The van der Waals surface area contributed by atoms with E-state index in [1.165, 1.54) is 11.3 Å². The van der Waals surface area contributed by atoms with Gasteiger partial charge >= 0.3 is 5.97 Å². The van der Waals surface area contributed by atoms with E-state index >= 15 is 0 Å². The molecule has 0 unspecified atom stereocenters. The zero-order chi connectivity index (χ0) is 20.3. The molecule has 2 N–H and O–H groups in total. The molecule has 7 heteroatoms. The molecule has 0 spiro atoms. The van der Waals surface area contributed by atoms with Gasteiger partial charge in [-0.25, -0.2) is 9.78 Å². The molecule has 2 heterocycles. The van der Waals surface area contributed by atoms with Crippen molar-refractivity contribution in [2.45, 2.75) is 40.3 Å². The van der Waals surface area contributed by atoms with Crippen LogP contribution in [0.2, 0.25) is 0 Å². The molecule has 0 fully saturated rings. The maximum atomic E-state index is 12.6. The van der Waals surface area contributed by atoms with Crippen molar-refractivity contribution in [1.82, 2.24) is 15.3 Å². The van der Waals surface area contributed by atoms with Gasteiger partial charge in [-0.2, -0.15) is 0 Å². The fourth-order valence-corrected chi connectivity index (χ4v) is 3.68. The molecular weight excluding hydrogens is 374 g/mol. The van der Waals surface area contributed by atoms with Gasteiger partial charge in [-0.15, -0.1) is 11.3 Å². The third kappa shape index (κ3) is 4.31. The fourth-order valence-electron chi connectivity index (χ4n) is 2.93. The Morgan fingerprint density at radius 1 is 1.21 bits per heavy atom. The van der Waals surface area contributed by atoms with Gasteiger partial charge < -0.3 is 15.0 Å². The highest BCUT2D eigenvalue weighted by molar-refractivity contribution is 7.09. The van der Waals surface area contributed by atoms with Crippen LogP contribution in [0.1, 0.15) is 51.0 Å². The number of aromatic nitrogens is 2. The van der Waals surface area contributed by atoms with Crippen molar-refractivity contribution in [2.75, 3.05) is 0 Å². The van der Waals surface area contributed by atoms with E-state index in [4.69, 9.17) is 4.74 Å². The Morgan fingerprint density at radius 2 is 1.93 bits per heavy atom. The lowest BCUT2D eigenvalue weighted by atomic mass is 10.1. The first-order valence-corrected chi connectivity index (χ1v) is 9.93. The molecule has 0 atom stereocenters. The second-order valence-corrected chi connectivity index (χ2v) is 7.70. The van der Waals surface area contributed by atoms with Crippen LogP contribution in [0.15, 0.2) is 35.7 Å². The number of rotatable bonds is 6. The number of hydrogen-bond donors (Lipinski definition) is 2. The summed E-state index contributed by atoms with van der Waals surface area (Å²) in [6.07, 6.45) is -0.220. The summed E-state index contributed by atoms with van der Waals surface area (Å²) in [6.45, 7) is 7.40. The summed E-state index contributed by atoms with van der Waals surface area (Å²) in [7, 11) is 0. The second kappa shape index (κ2) is 8.39. The van der Waals surface area contributed by atoms with Crippen molar-refractivity contribution in [3.05, 3.63) is 63.2 Å². The summed E-state index contributed by atoms with van der Waals surface area (Å²) in [5.41, 5.74) is 3.92. The number of aromatic amines is 1. The molecule has 0 bridgehead atoms. The van der Waals surface area contributed by atoms with Gasteiger partial charge in [-0.3, -0.25) is 4.79 Å². The van der Waals surface area contributed by atoms with Gasteiger partial charge in [0.25, 0.3) is 5.91 Å². The van der Waals surface area contributed by atoms with Crippen molar-refractivity contribution in [2.24, 2.45) is 0 Å². The van der Waals surface area contributed by atoms with E-state index in [0.29, 0.717) is 29.1 Å². The molecule has 1 aromatic carbocycles. The molecule has 0 aliphatic carbocycles. The highest BCUT2D eigenvalue weighted by Crippen LogP contribution is 2.22. The summed E-state index contributed by atoms with van der Waals surface area (Å²) in [6, 6.07) is 9.89. The Hall–Kier alpha value is -2.93. The first-order chi connectivity index (χ1) is 13.4. The van der Waals surface area contributed by atoms with E-state index in [9.17, 15) is 9.59 Å². The van der Waals surface area contributed by atoms with Gasteiger partial charge in [0.15, 0.2) is 0 Å². The Morgan fingerprint density at radius 3 is 2.61 bits per heavy atom. The molecule has 3 aromatic rings. The van der Waals surface area contributed by atoms with E-state index in [-0.39, 0.29) is 12.0 Å². The van der Waals surface area contributed by atoms with Crippen molar-refractivity contribution in [3.63, 3.8) is 0 Å². The van der Waals surface area contributed by atoms with Crippen molar-refractivity contribution < 1.29 is 14.3 Å². The number of carbonyl (C=O) groups excluding carboxylic acids is 2. The average molecular weight is 398 g/mol. The number of carbonyl (C=O) groups is 2. The molecule has 146 valence electrons. The lowest BCUT2D eigenvalue weighted by Crippen LogP contribution is -2.24. The summed E-state index contributed by atoms with van der Waals surface area (Å²) in [5, 5.41) is 5.65. The van der Waals surface area contributed by atoms with E-state index in [0.717, 1.165) is 16.3 Å². The van der Waals surface area contributed by atoms with Crippen LogP contribution in [-0.2, 0) is 11.3 Å². The van der Waals surface area contributed by atoms with Gasteiger partial charge in [-0.1, -0.05) is 30.3 Å². The predicted octanol–water partition coefficient (Wildman–Crippen LogP) is 4.25. The molecule has 0 aliphatic rings. The van der Waals surface area contributed by atoms with E-state index < -0.39 is 5.97 Å². The minimum Gasteiger partial charge on any atom is -0.459 e. The third-order valence-electron chi connectivity index (χ3n) is 4.23. The average Bonchev–Trinajstić information content (AvgIpc) is 3.24. The van der Waals surface area contributed by atoms with Crippen LogP contribution in [0.3, 0.4) is 0 Å². The van der Waals surface area contributed by atoms with Crippen molar-refractivity contribution >= 4 is 23.2 Å². The zero-order valence-electron chi connectivity index (χ0n) is 16.3. The van der Waals surface area contributed by atoms with Gasteiger partial charge in [0.2, 0.25) is 0 Å². The van der Waals surface area contributed by atoms with Gasteiger partial charge in [0.05, 0.1) is 23.9 Å². The molecule has 2 aromatic heterocycles. The Labute approximate surface area is 168 Å². The van der Waals surface area contributed by atoms with Crippen molar-refractivity contribution in [3.8, 4) is 11.3 Å². The van der Waals surface area contributed by atoms with E-state index in [1.54, 1.807) is 27.7 Å². The number of nitrogens with zero attached hydrogens (tertiary/aromatic N) is 1. The lowest BCUT2D eigenvalue weighted by Gasteiger charge is -2.08. The molecule has 1 amide bonds. The zero-order valence-corrected chi connectivity index (χ0v) is 17.1. The molecule has 0 saturated carbocycles. The molecule has 0 radical (unpaired) electrons. The number of hydrogen-bond acceptors (Lipinski definition) is 5. The molecule has 3 rings (SSSR count). The fraction of sp³-hybridized carbons (Fsp3) is 0.286. The first-order valence-electron chi connectivity index (χ1n) is 9.05. The predicted molar refractivity (Wildman–Crippen MR) is 110 cm³/mol. The van der Waals surface area contributed by atoms with Crippen LogP contribution in [-0.4, -0.2) is 27.9 Å². The summed E-state index contributed by atoms with van der Waals surface area (Å²) < 4.78 is 5.27. The number of benzene rings is 1. The van der Waals surface area contributed by atoms with Crippen LogP contribution in [0.25, 0.3) is 11.3 Å². The van der Waals surface area contributed by atoms with Gasteiger partial charge in [0, 0.05) is 16.6 Å². The number of H-pyrrole nitrogens is 1. The smallest absolute Gasteiger partial charge is 0.340 e. The Kier molecular flexibility index (Phi) is 5.94. The number of ether oxygens (including phenoxy) is 1. The highest BCUT2D eigenvalue weighted by Gasteiger charge is 2.23. The quantitative estimate of drug-likeness (QED) is 0.609. The highest BCUT2D eigenvalue weighted by atomic mass is 32.1. The molecule has 0 saturated heterocycles. The van der Waals surface area contributed by atoms with Crippen LogP contribution < -0.4 is 5.32 Å². The topological polar surface area (TPSA) is 84.1 Å². The van der Waals surface area contributed by atoms with Gasteiger partial charge in [0.1, 0.15) is 10.7 Å². The lowest BCUT2D eigenvalue weighted by molar-refractivity contribution is 0.0376. The maximum absolute atomic E-state index is 12.6. The van der Waals surface area contributed by atoms with Crippen molar-refractivity contribution in [1.29, 1.82) is 0 Å². The monoisotopic (exact) mass is 397 g/mol. The van der Waals surface area contributed by atoms with Crippen LogP contribution in [0.4, 0.5) is 0 Å². The SMILES string of the molecule is Cc1[nH]c(C(=O)NCc2nc(-c3ccccc3)cs2)c(C)c1C(=O)OC(C)C. The molecule has 6 nitrogen and oxygen atoms in total. The number of amides is 1. The number of esters is 1. The minimum atomic E-state index is -0.423. The molecule has 28 heavy (non-hydrogen) atoms. The maximum Gasteiger partial charge on any atom is 0.340 e. The Balaban J connectivity index is 1.69. The minimum absolute atomic E-state index is 0.220. The summed E-state index contributed by atoms with van der Waals surface area (Å²) in [4.78, 5) is 32.5. The normalized spacial score (nSPS) is 10.9. The number of nitrogens with one attached hydrogen (secondary N) is 2. The first kappa shape index (κ1) is 19.8. The molecule has 0 aliphatic heterocycles. The van der Waals surface area contributed by atoms with Crippen LogP contribution in [0, 0.1) is 13.8 Å². The Bertz CT molecular complexity index is 990. The largest absolute Gasteiger partial charge is 0.459 e. The summed E-state index contributed by atoms with van der Waals surface area (Å²) in [5.74, 6) is -0.701. The van der Waals surface area contributed by atoms with E-state index in [1.807, 2.05) is 35.7 Å². The number of aryl methyl sites for hydroxylation is 1. The second-order valence-electron chi connectivity index (χ2n) is 6.75. The number of thiazole rings is 1. The summed E-state index contributed by atoms with van der Waals surface area (Å²) >= 11 is 1.50. The van der Waals surface area contributed by atoms with Gasteiger partial charge in [-0.05, 0) is 33.3 Å². The van der Waals surface area contributed by atoms with Crippen LogP contribution in [0.5, 0.6) is 0 Å².